The number of nitrogens with zero attached hydrogens (tertiary/aromatic N) is 2. The molecule has 2 fully saturated rings. The Hall–Kier alpha value is -1.05. The molecule has 0 unspecified atom stereocenters. The van der Waals surface area contributed by atoms with E-state index in [9.17, 15) is 13.2 Å². The van der Waals surface area contributed by atoms with Gasteiger partial charge in [-0.15, -0.1) is 0 Å². The zero-order valence-corrected chi connectivity index (χ0v) is 16.6. The molecule has 3 rings (SSSR count). The van der Waals surface area contributed by atoms with Crippen molar-refractivity contribution in [2.24, 2.45) is 10.9 Å². The van der Waals surface area contributed by atoms with E-state index in [1.807, 2.05) is 43.0 Å². The second kappa shape index (κ2) is 7.29. The van der Waals surface area contributed by atoms with Crippen molar-refractivity contribution >= 4 is 44.3 Å². The van der Waals surface area contributed by atoms with Crippen LogP contribution in [0.5, 0.6) is 0 Å². The monoisotopic (exact) mass is 400 g/mol. The molecule has 5 nitrogen and oxygen atoms in total. The second-order valence-electron chi connectivity index (χ2n) is 6.56. The Kier molecular flexibility index (Phi) is 5.46. The average Bonchev–Trinajstić information content (AvgIpc) is 3.01. The highest BCUT2D eigenvalue weighted by Gasteiger charge is 2.48. The molecule has 0 saturated carbocycles. The van der Waals surface area contributed by atoms with Crippen molar-refractivity contribution < 1.29 is 13.2 Å². The zero-order chi connectivity index (χ0) is 18.2. The minimum atomic E-state index is -3.05. The standard InChI is InChI=1S/C17H21ClN2O3S2/c1-3-11(2)16(21)19-17-20(8-12-6-4-5-7-13(12)18)14-9-25(22,23)10-15(14)24-17/h4-7,11,14-15H,3,8-10H2,1-2H3/t11-,14+,15+/m1/s1. The lowest BCUT2D eigenvalue weighted by molar-refractivity contribution is -0.121. The van der Waals surface area contributed by atoms with E-state index in [0.29, 0.717) is 16.7 Å². The Labute approximate surface area is 157 Å². The molecule has 0 aromatic heterocycles. The SMILES string of the molecule is CC[C@@H](C)C(=O)N=C1S[C@H]2CS(=O)(=O)C[C@@H]2N1Cc1ccccc1Cl. The minimum Gasteiger partial charge on any atom is -0.342 e. The van der Waals surface area contributed by atoms with Crippen molar-refractivity contribution in [3.05, 3.63) is 34.9 Å². The molecule has 1 aromatic carbocycles. The summed E-state index contributed by atoms with van der Waals surface area (Å²) < 4.78 is 24.0. The lowest BCUT2D eigenvalue weighted by Crippen LogP contribution is -2.37. The number of amidine groups is 1. The molecule has 2 aliphatic heterocycles. The smallest absolute Gasteiger partial charge is 0.250 e. The number of rotatable bonds is 4. The highest BCUT2D eigenvalue weighted by molar-refractivity contribution is 8.15. The highest BCUT2D eigenvalue weighted by Crippen LogP contribution is 2.39. The van der Waals surface area contributed by atoms with Crippen LogP contribution in [0, 0.1) is 5.92 Å². The third kappa shape index (κ3) is 4.04. The molecule has 0 spiro atoms. The van der Waals surface area contributed by atoms with Gasteiger partial charge in [-0.05, 0) is 18.1 Å². The van der Waals surface area contributed by atoms with E-state index in [1.54, 1.807) is 0 Å². The molecule has 2 aliphatic rings. The molecule has 0 bridgehead atoms. The summed E-state index contributed by atoms with van der Waals surface area (Å²) in [6, 6.07) is 7.32. The van der Waals surface area contributed by atoms with Gasteiger partial charge in [0.1, 0.15) is 0 Å². The van der Waals surface area contributed by atoms with Crippen molar-refractivity contribution in [2.75, 3.05) is 11.5 Å². The van der Waals surface area contributed by atoms with Gasteiger partial charge in [0.05, 0.1) is 17.5 Å². The average molecular weight is 401 g/mol. The Morgan fingerprint density at radius 1 is 1.40 bits per heavy atom. The molecule has 136 valence electrons. The first-order valence-electron chi connectivity index (χ1n) is 8.30. The third-order valence-electron chi connectivity index (χ3n) is 4.71. The van der Waals surface area contributed by atoms with Crippen molar-refractivity contribution in [2.45, 2.75) is 38.1 Å². The van der Waals surface area contributed by atoms with Gasteiger partial charge in [0.25, 0.3) is 5.91 Å². The molecule has 1 amide bonds. The van der Waals surface area contributed by atoms with Gasteiger partial charge in [-0.3, -0.25) is 4.79 Å². The lowest BCUT2D eigenvalue weighted by atomic mass is 10.1. The Morgan fingerprint density at radius 3 is 2.80 bits per heavy atom. The molecule has 8 heteroatoms. The normalized spacial score (nSPS) is 27.5. The van der Waals surface area contributed by atoms with E-state index in [-0.39, 0.29) is 34.6 Å². The van der Waals surface area contributed by atoms with Gasteiger partial charge >= 0.3 is 0 Å². The molecule has 2 saturated heterocycles. The summed E-state index contributed by atoms with van der Waals surface area (Å²) in [6.45, 7) is 4.26. The summed E-state index contributed by atoms with van der Waals surface area (Å²) in [4.78, 5) is 18.5. The predicted octanol–water partition coefficient (Wildman–Crippen LogP) is 2.98. The first kappa shape index (κ1) is 18.7. The quantitative estimate of drug-likeness (QED) is 0.777. The van der Waals surface area contributed by atoms with Gasteiger partial charge in [-0.1, -0.05) is 55.4 Å². The first-order chi connectivity index (χ1) is 11.8. The predicted molar refractivity (Wildman–Crippen MR) is 103 cm³/mol. The van der Waals surface area contributed by atoms with Crippen molar-refractivity contribution in [1.29, 1.82) is 0 Å². The summed E-state index contributed by atoms with van der Waals surface area (Å²) in [6.07, 6.45) is 0.728. The molecular weight excluding hydrogens is 380 g/mol. The number of thioether (sulfide) groups is 1. The first-order valence-corrected chi connectivity index (χ1v) is 11.4. The van der Waals surface area contributed by atoms with Gasteiger partial charge in [0.2, 0.25) is 0 Å². The lowest BCUT2D eigenvalue weighted by Gasteiger charge is -2.25. The number of aliphatic imine (C=N–C) groups is 1. The minimum absolute atomic E-state index is 0.0732. The summed E-state index contributed by atoms with van der Waals surface area (Å²) in [5.74, 6) is -0.0553. The second-order valence-corrected chi connectivity index (χ2v) is 10.3. The highest BCUT2D eigenvalue weighted by atomic mass is 35.5. The Bertz CT molecular complexity index is 810. The largest absolute Gasteiger partial charge is 0.342 e. The van der Waals surface area contributed by atoms with Gasteiger partial charge in [-0.25, -0.2) is 8.42 Å². The summed E-state index contributed by atoms with van der Waals surface area (Å²) in [7, 11) is -3.05. The maximum Gasteiger partial charge on any atom is 0.250 e. The summed E-state index contributed by atoms with van der Waals surface area (Å²) in [5.41, 5.74) is 0.901. The fourth-order valence-electron chi connectivity index (χ4n) is 3.01. The maximum atomic E-state index is 12.3. The van der Waals surface area contributed by atoms with E-state index in [4.69, 9.17) is 11.6 Å². The number of sulfone groups is 1. The van der Waals surface area contributed by atoms with Gasteiger partial charge in [0.15, 0.2) is 15.0 Å². The molecule has 0 aliphatic carbocycles. The number of hydrogen-bond donors (Lipinski definition) is 0. The molecule has 25 heavy (non-hydrogen) atoms. The van der Waals surface area contributed by atoms with Crippen LogP contribution < -0.4 is 0 Å². The molecule has 0 radical (unpaired) electrons. The van der Waals surface area contributed by atoms with Gasteiger partial charge in [-0.2, -0.15) is 4.99 Å². The number of halogens is 1. The molecule has 1 aromatic rings. The number of carbonyl (C=O) groups excluding carboxylic acids is 1. The number of hydrogen-bond acceptors (Lipinski definition) is 4. The van der Waals surface area contributed by atoms with Crippen LogP contribution >= 0.6 is 23.4 Å². The van der Waals surface area contributed by atoms with Crippen LogP contribution in [0.4, 0.5) is 0 Å². The van der Waals surface area contributed by atoms with Crippen molar-refractivity contribution in [1.82, 2.24) is 4.90 Å². The summed E-state index contributed by atoms with van der Waals surface area (Å²) in [5, 5.41) is 1.18. The van der Waals surface area contributed by atoms with Crippen LogP contribution in [0.2, 0.25) is 5.02 Å². The van der Waals surface area contributed by atoms with Crippen molar-refractivity contribution in [3.63, 3.8) is 0 Å². The number of amides is 1. The number of benzene rings is 1. The molecule has 2 heterocycles. The van der Waals surface area contributed by atoms with Crippen LogP contribution in [-0.2, 0) is 21.2 Å². The number of fused-ring (bicyclic) bond motifs is 1. The number of carbonyl (C=O) groups is 1. The summed E-state index contributed by atoms with van der Waals surface area (Å²) >= 11 is 7.68. The van der Waals surface area contributed by atoms with E-state index in [0.717, 1.165) is 12.0 Å². The maximum absolute atomic E-state index is 12.3. The van der Waals surface area contributed by atoms with Crippen LogP contribution in [-0.4, -0.2) is 47.2 Å². The van der Waals surface area contributed by atoms with Crippen LogP contribution in [0.3, 0.4) is 0 Å². The van der Waals surface area contributed by atoms with Crippen LogP contribution in [0.1, 0.15) is 25.8 Å². The fourth-order valence-corrected chi connectivity index (χ4v) is 7.16. The van der Waals surface area contributed by atoms with E-state index in [1.165, 1.54) is 11.8 Å². The van der Waals surface area contributed by atoms with E-state index in [2.05, 4.69) is 4.99 Å². The van der Waals surface area contributed by atoms with Gasteiger partial charge in [0, 0.05) is 22.7 Å². The topological polar surface area (TPSA) is 66.8 Å². The third-order valence-corrected chi connectivity index (χ3v) is 8.33. The molecule has 3 atom stereocenters. The Balaban J connectivity index is 1.91. The van der Waals surface area contributed by atoms with Crippen LogP contribution in [0.15, 0.2) is 29.3 Å². The van der Waals surface area contributed by atoms with E-state index >= 15 is 0 Å². The molecular formula is C17H21ClN2O3S2. The zero-order valence-electron chi connectivity index (χ0n) is 14.2. The molecule has 0 N–H and O–H groups in total. The fraction of sp³-hybridized carbons (Fsp3) is 0.529. The Morgan fingerprint density at radius 2 is 2.12 bits per heavy atom. The van der Waals surface area contributed by atoms with E-state index < -0.39 is 9.84 Å². The van der Waals surface area contributed by atoms with Crippen LogP contribution in [0.25, 0.3) is 0 Å². The van der Waals surface area contributed by atoms with Crippen molar-refractivity contribution in [3.8, 4) is 0 Å². The van der Waals surface area contributed by atoms with Gasteiger partial charge < -0.3 is 4.90 Å².